The van der Waals surface area contributed by atoms with Crippen molar-refractivity contribution in [3.05, 3.63) is 77.1 Å². The van der Waals surface area contributed by atoms with E-state index in [1.165, 1.54) is 13.1 Å². The van der Waals surface area contributed by atoms with Crippen molar-refractivity contribution < 1.29 is 33.5 Å². The van der Waals surface area contributed by atoms with E-state index in [4.69, 9.17) is 9.72 Å². The van der Waals surface area contributed by atoms with Gasteiger partial charge in [0.15, 0.2) is 5.78 Å². The number of imide groups is 1. The van der Waals surface area contributed by atoms with Gasteiger partial charge in [0, 0.05) is 54.8 Å². The summed E-state index contributed by atoms with van der Waals surface area (Å²) in [5, 5.41) is 9.56. The highest BCUT2D eigenvalue weighted by atomic mass is 16.5. The second-order valence-electron chi connectivity index (χ2n) is 14.7. The number of nitrogens with one attached hydrogen (secondary N) is 3. The van der Waals surface area contributed by atoms with Gasteiger partial charge >= 0.3 is 0 Å². The molecule has 4 aromatic rings. The van der Waals surface area contributed by atoms with Crippen molar-refractivity contribution in [3.8, 4) is 5.75 Å². The summed E-state index contributed by atoms with van der Waals surface area (Å²) in [7, 11) is 1.41. The van der Waals surface area contributed by atoms with Gasteiger partial charge in [-0.3, -0.25) is 28.9 Å². The van der Waals surface area contributed by atoms with Gasteiger partial charge in [-0.1, -0.05) is 31.7 Å². The van der Waals surface area contributed by atoms with E-state index in [-0.39, 0.29) is 53.4 Å². The number of carbonyl (C=O) groups excluding carboxylic acids is 6. The molecule has 7 rings (SSSR count). The number of nitrogens with zero attached hydrogens (tertiary/aromatic N) is 4. The highest BCUT2D eigenvalue weighted by molar-refractivity contribution is 6.24. The molecule has 14 nitrogen and oxygen atoms in total. The molecule has 292 valence electrons. The molecule has 0 spiro atoms. The quantitative estimate of drug-likeness (QED) is 0.0448. The van der Waals surface area contributed by atoms with E-state index in [1.807, 2.05) is 18.2 Å². The Labute approximate surface area is 324 Å². The van der Waals surface area contributed by atoms with E-state index in [0.29, 0.717) is 37.4 Å². The minimum Gasteiger partial charge on any atom is -0.493 e. The maximum absolute atomic E-state index is 13.3. The van der Waals surface area contributed by atoms with Crippen LogP contribution in [0.25, 0.3) is 11.0 Å². The minimum absolute atomic E-state index is 0.0290. The number of carbonyl (C=O) groups is 6. The molecule has 1 unspecified atom stereocenters. The summed E-state index contributed by atoms with van der Waals surface area (Å²) in [6.07, 6.45) is 11.9. The number of aromatic nitrogens is 3. The topological polar surface area (TPSA) is 182 Å². The maximum Gasteiger partial charge on any atom is 0.266 e. The first-order chi connectivity index (χ1) is 27.3. The number of aldehydes is 1. The van der Waals surface area contributed by atoms with Crippen LogP contribution in [-0.4, -0.2) is 81.4 Å². The second-order valence-corrected chi connectivity index (χ2v) is 14.7. The van der Waals surface area contributed by atoms with E-state index in [9.17, 15) is 28.8 Å². The predicted molar refractivity (Wildman–Crippen MR) is 208 cm³/mol. The van der Waals surface area contributed by atoms with Crippen LogP contribution in [-0.2, 0) is 9.59 Å². The molecular weight excluding hydrogens is 715 g/mol. The minimum atomic E-state index is -1.09. The van der Waals surface area contributed by atoms with Gasteiger partial charge in [0.1, 0.15) is 23.7 Å². The molecule has 1 aliphatic heterocycles. The maximum atomic E-state index is 13.3. The van der Waals surface area contributed by atoms with Crippen molar-refractivity contribution in [2.45, 2.75) is 89.1 Å². The fourth-order valence-corrected chi connectivity index (χ4v) is 7.69. The van der Waals surface area contributed by atoms with Crippen molar-refractivity contribution in [1.82, 2.24) is 30.1 Å². The zero-order valence-corrected chi connectivity index (χ0v) is 31.6. The molecule has 56 heavy (non-hydrogen) atoms. The molecule has 0 saturated heterocycles. The molecule has 2 fully saturated rings. The number of Topliss-reactive ketones (excluding diaryl/α,β-unsaturated/α-hetero) is 1. The Morgan fingerprint density at radius 2 is 1.73 bits per heavy atom. The Hall–Kier alpha value is -5.92. The molecule has 3 N–H and O–H groups in total. The standard InChI is InChI=1S/C42H47N7O7/c1-43-39(53)32(13-9-22-50)49-40(54)31-12-8-14-34(35(31)41(49)55)56-23-7-3-2-6-21-44-38(52)27-17-19-29(20-18-27)46-42-45-25-28-24-33(36(51)26-15-16-26)48(37(28)47-42)30-10-4-5-11-30/h8,12,14,17-20,22,24-26,30,32H,2-7,9-11,13,15-16,21,23H2,1H3,(H,43,53)(H,44,52)(H,45,46,47). The van der Waals surface area contributed by atoms with E-state index in [1.54, 1.807) is 30.5 Å². The Kier molecular flexibility index (Phi) is 11.8. The summed E-state index contributed by atoms with van der Waals surface area (Å²) < 4.78 is 8.08. The van der Waals surface area contributed by atoms with Gasteiger partial charge in [0.2, 0.25) is 11.9 Å². The van der Waals surface area contributed by atoms with Crippen LogP contribution < -0.4 is 20.7 Å². The number of anilines is 2. The largest absolute Gasteiger partial charge is 0.493 e. The average Bonchev–Trinajstić information content (AvgIpc) is 3.70. The summed E-state index contributed by atoms with van der Waals surface area (Å²) in [5.41, 5.74) is 3.11. The highest BCUT2D eigenvalue weighted by Gasteiger charge is 2.44. The Balaban J connectivity index is 0.852. The van der Waals surface area contributed by atoms with Crippen LogP contribution in [0.5, 0.6) is 5.75 Å². The fourth-order valence-electron chi connectivity index (χ4n) is 7.69. The molecule has 14 heteroatoms. The number of hydrogen-bond acceptors (Lipinski definition) is 10. The number of ether oxygens (including phenoxy) is 1. The summed E-state index contributed by atoms with van der Waals surface area (Å²) in [6.45, 7) is 0.830. The molecule has 2 aliphatic carbocycles. The number of benzene rings is 2. The normalized spacial score (nSPS) is 15.8. The van der Waals surface area contributed by atoms with Crippen LogP contribution in [0.4, 0.5) is 11.6 Å². The number of hydrogen-bond donors (Lipinski definition) is 3. The van der Waals surface area contributed by atoms with Gasteiger partial charge in [-0.2, -0.15) is 4.98 Å². The molecule has 1 atom stereocenters. The first kappa shape index (κ1) is 38.4. The first-order valence-corrected chi connectivity index (χ1v) is 19.7. The molecule has 2 aromatic heterocycles. The van der Waals surface area contributed by atoms with Crippen LogP contribution in [0, 0.1) is 5.92 Å². The zero-order chi connectivity index (χ0) is 39.2. The molecule has 2 saturated carbocycles. The third-order valence-electron chi connectivity index (χ3n) is 10.8. The molecule has 0 radical (unpaired) electrons. The third kappa shape index (κ3) is 8.19. The van der Waals surface area contributed by atoms with Crippen LogP contribution in [0.1, 0.15) is 125 Å². The summed E-state index contributed by atoms with van der Waals surface area (Å²) >= 11 is 0. The van der Waals surface area contributed by atoms with Crippen molar-refractivity contribution in [2.75, 3.05) is 25.5 Å². The molecule has 3 heterocycles. The lowest BCUT2D eigenvalue weighted by Gasteiger charge is -2.24. The zero-order valence-electron chi connectivity index (χ0n) is 31.6. The highest BCUT2D eigenvalue weighted by Crippen LogP contribution is 2.39. The smallest absolute Gasteiger partial charge is 0.266 e. The Bertz CT molecular complexity index is 2140. The second kappa shape index (κ2) is 17.3. The van der Waals surface area contributed by atoms with Crippen LogP contribution >= 0.6 is 0 Å². The first-order valence-electron chi connectivity index (χ1n) is 19.7. The number of amides is 4. The van der Waals surface area contributed by atoms with E-state index in [0.717, 1.165) is 85.1 Å². The summed E-state index contributed by atoms with van der Waals surface area (Å²) in [4.78, 5) is 86.2. The molecule has 3 aliphatic rings. The van der Waals surface area contributed by atoms with Crippen molar-refractivity contribution in [3.63, 3.8) is 0 Å². The number of likely N-dealkylation sites (N-methyl/N-ethyl adjacent to an activating group) is 1. The van der Waals surface area contributed by atoms with Crippen LogP contribution in [0.3, 0.4) is 0 Å². The monoisotopic (exact) mass is 761 g/mol. The lowest BCUT2D eigenvalue weighted by atomic mass is 10.1. The van der Waals surface area contributed by atoms with Crippen molar-refractivity contribution in [2.24, 2.45) is 5.92 Å². The predicted octanol–water partition coefficient (Wildman–Crippen LogP) is 5.94. The molecule has 2 aromatic carbocycles. The SMILES string of the molecule is CNC(=O)C(CCC=O)N1C(=O)c2cccc(OCCCCCCNC(=O)c3ccc(Nc4ncc5cc(C(=O)C6CC6)n(C6CCCC6)c5n4)cc3)c2C1=O. The number of unbranched alkanes of at least 4 members (excludes halogenated alkanes) is 3. The van der Waals surface area contributed by atoms with Gasteiger partial charge in [-0.05, 0) is 87.4 Å². The number of fused-ring (bicyclic) bond motifs is 2. The Morgan fingerprint density at radius 1 is 0.964 bits per heavy atom. The van der Waals surface area contributed by atoms with Crippen molar-refractivity contribution >= 4 is 58.4 Å². The summed E-state index contributed by atoms with van der Waals surface area (Å²) in [5.74, 6) is -0.832. The summed E-state index contributed by atoms with van der Waals surface area (Å²) in [6, 6.07) is 13.1. The number of rotatable bonds is 19. The van der Waals surface area contributed by atoms with E-state index in [2.05, 4.69) is 25.5 Å². The lowest BCUT2D eigenvalue weighted by Crippen LogP contribution is -2.48. The Morgan fingerprint density at radius 3 is 2.46 bits per heavy atom. The molecular formula is C42H47N7O7. The lowest BCUT2D eigenvalue weighted by molar-refractivity contribution is -0.124. The van der Waals surface area contributed by atoms with E-state index < -0.39 is 23.8 Å². The van der Waals surface area contributed by atoms with Crippen molar-refractivity contribution in [1.29, 1.82) is 0 Å². The average molecular weight is 762 g/mol. The van der Waals surface area contributed by atoms with E-state index >= 15 is 0 Å². The molecule has 0 bridgehead atoms. The van der Waals surface area contributed by atoms with Gasteiger partial charge in [0.05, 0.1) is 23.4 Å². The third-order valence-corrected chi connectivity index (χ3v) is 10.8. The van der Waals surface area contributed by atoms with Gasteiger partial charge in [0.25, 0.3) is 17.7 Å². The molecule has 4 amide bonds. The van der Waals surface area contributed by atoms with Gasteiger partial charge < -0.3 is 30.0 Å². The van der Waals surface area contributed by atoms with Crippen LogP contribution in [0.15, 0.2) is 54.7 Å². The van der Waals surface area contributed by atoms with Gasteiger partial charge in [-0.25, -0.2) is 4.98 Å². The van der Waals surface area contributed by atoms with Crippen LogP contribution in [0.2, 0.25) is 0 Å². The fraction of sp³-hybridized carbons (Fsp3) is 0.429. The number of ketones is 1. The van der Waals surface area contributed by atoms with Gasteiger partial charge in [-0.15, -0.1) is 0 Å².